The molecule has 0 amide bonds. The van der Waals surface area contributed by atoms with E-state index >= 15 is 0 Å². The second kappa shape index (κ2) is 6.75. The summed E-state index contributed by atoms with van der Waals surface area (Å²) in [4.78, 5) is 14.9. The molecule has 2 aromatic carbocycles. The standard InChI is InChI=1S/C19H21NO2/c1-22-18-10-8-17(9-11-18)19(21)16-6-4-15(5-7-16)14-20-12-2-3-13-20/h4-11H,2-3,12-14H2,1H3. The van der Waals surface area contributed by atoms with Gasteiger partial charge >= 0.3 is 0 Å². The van der Waals surface area contributed by atoms with Crippen LogP contribution >= 0.6 is 0 Å². The smallest absolute Gasteiger partial charge is 0.193 e. The first-order valence-electron chi connectivity index (χ1n) is 7.76. The largest absolute Gasteiger partial charge is 0.497 e. The number of carbonyl (C=O) groups is 1. The molecule has 3 nitrogen and oxygen atoms in total. The van der Waals surface area contributed by atoms with Gasteiger partial charge in [0, 0.05) is 17.7 Å². The van der Waals surface area contributed by atoms with Crippen LogP contribution in [0.1, 0.15) is 34.3 Å². The lowest BCUT2D eigenvalue weighted by Gasteiger charge is -2.14. The Labute approximate surface area is 131 Å². The summed E-state index contributed by atoms with van der Waals surface area (Å²) in [7, 11) is 1.62. The number of benzene rings is 2. The lowest BCUT2D eigenvalue weighted by molar-refractivity contribution is 0.103. The van der Waals surface area contributed by atoms with Crippen molar-refractivity contribution in [3.8, 4) is 5.75 Å². The molecule has 0 atom stereocenters. The van der Waals surface area contributed by atoms with E-state index in [1.807, 2.05) is 24.3 Å². The molecule has 0 N–H and O–H groups in total. The number of methoxy groups -OCH3 is 1. The van der Waals surface area contributed by atoms with Crippen molar-refractivity contribution in [1.82, 2.24) is 4.90 Å². The van der Waals surface area contributed by atoms with Crippen LogP contribution in [0, 0.1) is 0 Å². The van der Waals surface area contributed by atoms with Crippen molar-refractivity contribution in [3.05, 3.63) is 65.2 Å². The molecule has 0 spiro atoms. The minimum absolute atomic E-state index is 0.0513. The van der Waals surface area contributed by atoms with Crippen molar-refractivity contribution in [2.75, 3.05) is 20.2 Å². The summed E-state index contributed by atoms with van der Waals surface area (Å²) in [5.74, 6) is 0.813. The van der Waals surface area contributed by atoms with Gasteiger partial charge in [0.25, 0.3) is 0 Å². The van der Waals surface area contributed by atoms with Crippen molar-refractivity contribution in [2.45, 2.75) is 19.4 Å². The van der Waals surface area contributed by atoms with E-state index in [-0.39, 0.29) is 5.78 Å². The van der Waals surface area contributed by atoms with Gasteiger partial charge < -0.3 is 4.74 Å². The van der Waals surface area contributed by atoms with E-state index < -0.39 is 0 Å². The van der Waals surface area contributed by atoms with Gasteiger partial charge in [-0.25, -0.2) is 0 Å². The summed E-state index contributed by atoms with van der Waals surface area (Å²) in [5, 5.41) is 0. The van der Waals surface area contributed by atoms with Crippen LogP contribution < -0.4 is 4.74 Å². The number of ketones is 1. The predicted molar refractivity (Wildman–Crippen MR) is 87.4 cm³/mol. The molecule has 1 heterocycles. The SMILES string of the molecule is COc1ccc(C(=O)c2ccc(CN3CCCC3)cc2)cc1. The van der Waals surface area contributed by atoms with Gasteiger partial charge in [-0.1, -0.05) is 24.3 Å². The fourth-order valence-corrected chi connectivity index (χ4v) is 2.87. The number of rotatable bonds is 5. The zero-order chi connectivity index (χ0) is 15.4. The van der Waals surface area contributed by atoms with Gasteiger partial charge in [-0.2, -0.15) is 0 Å². The number of nitrogens with zero attached hydrogens (tertiary/aromatic N) is 1. The number of likely N-dealkylation sites (tertiary alicyclic amines) is 1. The Morgan fingerprint density at radius 2 is 1.50 bits per heavy atom. The minimum atomic E-state index is 0.0513. The molecule has 1 aliphatic rings. The first-order valence-corrected chi connectivity index (χ1v) is 7.76. The van der Waals surface area contributed by atoms with Gasteiger partial charge in [0.1, 0.15) is 5.75 Å². The molecule has 3 heteroatoms. The van der Waals surface area contributed by atoms with Gasteiger partial charge in [-0.3, -0.25) is 9.69 Å². The van der Waals surface area contributed by atoms with E-state index in [4.69, 9.17) is 4.74 Å². The highest BCUT2D eigenvalue weighted by Gasteiger charge is 2.13. The molecule has 2 aromatic rings. The highest BCUT2D eigenvalue weighted by Crippen LogP contribution is 2.17. The third kappa shape index (κ3) is 3.37. The molecule has 0 saturated carbocycles. The highest BCUT2D eigenvalue weighted by molar-refractivity contribution is 6.09. The summed E-state index contributed by atoms with van der Waals surface area (Å²) < 4.78 is 5.12. The fourth-order valence-electron chi connectivity index (χ4n) is 2.87. The Morgan fingerprint density at radius 3 is 2.05 bits per heavy atom. The second-order valence-electron chi connectivity index (χ2n) is 5.74. The van der Waals surface area contributed by atoms with Gasteiger partial charge in [-0.05, 0) is 55.8 Å². The van der Waals surface area contributed by atoms with Crippen molar-refractivity contribution < 1.29 is 9.53 Å². The molecule has 1 aliphatic heterocycles. The Balaban J connectivity index is 1.69. The van der Waals surface area contributed by atoms with E-state index in [1.165, 1.54) is 31.5 Å². The molecule has 3 rings (SSSR count). The van der Waals surface area contributed by atoms with E-state index in [0.717, 1.165) is 17.9 Å². The maximum atomic E-state index is 12.5. The van der Waals surface area contributed by atoms with Crippen LogP contribution in [-0.2, 0) is 6.54 Å². The minimum Gasteiger partial charge on any atom is -0.497 e. The van der Waals surface area contributed by atoms with Gasteiger partial charge in [0.05, 0.1) is 7.11 Å². The normalized spacial score (nSPS) is 15.0. The molecule has 0 aromatic heterocycles. The molecule has 0 radical (unpaired) electrons. The van der Waals surface area contributed by atoms with E-state index in [1.54, 1.807) is 19.2 Å². The molecule has 0 aliphatic carbocycles. The van der Waals surface area contributed by atoms with Crippen LogP contribution in [0.2, 0.25) is 0 Å². The lowest BCUT2D eigenvalue weighted by atomic mass is 10.0. The van der Waals surface area contributed by atoms with E-state index in [9.17, 15) is 4.79 Å². The van der Waals surface area contributed by atoms with Crippen LogP contribution in [0.5, 0.6) is 5.75 Å². The van der Waals surface area contributed by atoms with Gasteiger partial charge in [0.2, 0.25) is 0 Å². The van der Waals surface area contributed by atoms with Crippen LogP contribution in [0.25, 0.3) is 0 Å². The summed E-state index contributed by atoms with van der Waals surface area (Å²) in [6.07, 6.45) is 2.60. The molecule has 0 unspecified atom stereocenters. The van der Waals surface area contributed by atoms with Crippen LogP contribution in [-0.4, -0.2) is 30.9 Å². The predicted octanol–water partition coefficient (Wildman–Crippen LogP) is 3.52. The fraction of sp³-hybridized carbons (Fsp3) is 0.316. The lowest BCUT2D eigenvalue weighted by Crippen LogP contribution is -2.18. The molecular weight excluding hydrogens is 274 g/mol. The van der Waals surface area contributed by atoms with Crippen LogP contribution in [0.15, 0.2) is 48.5 Å². The van der Waals surface area contributed by atoms with E-state index in [2.05, 4.69) is 17.0 Å². The summed E-state index contributed by atoms with van der Waals surface area (Å²) in [5.41, 5.74) is 2.69. The molecule has 114 valence electrons. The summed E-state index contributed by atoms with van der Waals surface area (Å²) >= 11 is 0. The monoisotopic (exact) mass is 295 g/mol. The quantitative estimate of drug-likeness (QED) is 0.790. The number of hydrogen-bond acceptors (Lipinski definition) is 3. The average molecular weight is 295 g/mol. The Morgan fingerprint density at radius 1 is 0.955 bits per heavy atom. The molecule has 22 heavy (non-hydrogen) atoms. The molecule has 0 bridgehead atoms. The number of carbonyl (C=O) groups excluding carboxylic acids is 1. The topological polar surface area (TPSA) is 29.5 Å². The molecular formula is C19H21NO2. The zero-order valence-corrected chi connectivity index (χ0v) is 12.9. The maximum absolute atomic E-state index is 12.5. The first kappa shape index (κ1) is 14.8. The van der Waals surface area contributed by atoms with Crippen molar-refractivity contribution in [1.29, 1.82) is 0 Å². The highest BCUT2D eigenvalue weighted by atomic mass is 16.5. The molecule has 1 saturated heterocycles. The molecule has 1 fully saturated rings. The summed E-state index contributed by atoms with van der Waals surface area (Å²) in [6, 6.07) is 15.2. The average Bonchev–Trinajstić information content (AvgIpc) is 3.08. The van der Waals surface area contributed by atoms with Crippen molar-refractivity contribution in [3.63, 3.8) is 0 Å². The van der Waals surface area contributed by atoms with Crippen LogP contribution in [0.4, 0.5) is 0 Å². The number of hydrogen-bond donors (Lipinski definition) is 0. The first-order chi connectivity index (χ1) is 10.8. The van der Waals surface area contributed by atoms with Crippen molar-refractivity contribution in [2.24, 2.45) is 0 Å². The Bertz CT molecular complexity index is 625. The third-order valence-corrected chi connectivity index (χ3v) is 4.17. The Kier molecular flexibility index (Phi) is 4.54. The van der Waals surface area contributed by atoms with Crippen LogP contribution in [0.3, 0.4) is 0 Å². The second-order valence-corrected chi connectivity index (χ2v) is 5.74. The van der Waals surface area contributed by atoms with E-state index in [0.29, 0.717) is 5.56 Å². The zero-order valence-electron chi connectivity index (χ0n) is 12.9. The maximum Gasteiger partial charge on any atom is 0.193 e. The van der Waals surface area contributed by atoms with Crippen molar-refractivity contribution >= 4 is 5.78 Å². The number of ether oxygens (including phenoxy) is 1. The Hall–Kier alpha value is -2.13. The third-order valence-electron chi connectivity index (χ3n) is 4.17. The van der Waals surface area contributed by atoms with Gasteiger partial charge in [-0.15, -0.1) is 0 Å². The van der Waals surface area contributed by atoms with Gasteiger partial charge in [0.15, 0.2) is 5.78 Å². The summed E-state index contributed by atoms with van der Waals surface area (Å²) in [6.45, 7) is 3.36.